The molecule has 0 saturated heterocycles. The number of nitrogens with two attached hydrogens (primary N) is 1. The molecule has 1 aromatic carbocycles. The molecular formula is C13H18N2O4S. The van der Waals surface area contributed by atoms with Gasteiger partial charge in [-0.2, -0.15) is 0 Å². The summed E-state index contributed by atoms with van der Waals surface area (Å²) in [5.74, 6) is -0.465. The van der Waals surface area contributed by atoms with Gasteiger partial charge in [0.15, 0.2) is 15.4 Å². The Bertz CT molecular complexity index is 814. The van der Waals surface area contributed by atoms with Gasteiger partial charge in [0.2, 0.25) is 0 Å². The van der Waals surface area contributed by atoms with Crippen molar-refractivity contribution in [2.45, 2.75) is 24.6 Å². The average molecular weight is 298 g/mol. The van der Waals surface area contributed by atoms with Gasteiger partial charge < -0.3 is 10.2 Å². The average Bonchev–Trinajstić information content (AvgIpc) is 2.62. The van der Waals surface area contributed by atoms with Crippen LogP contribution in [0.5, 0.6) is 0 Å². The molecule has 0 amide bonds. The third-order valence-electron chi connectivity index (χ3n) is 3.88. The predicted molar refractivity (Wildman–Crippen MR) is 77.3 cm³/mol. The molecule has 0 aliphatic carbocycles. The molecule has 0 radical (unpaired) electrons. The van der Waals surface area contributed by atoms with Gasteiger partial charge in [-0.1, -0.05) is 6.07 Å². The van der Waals surface area contributed by atoms with Crippen molar-refractivity contribution in [1.29, 1.82) is 0 Å². The lowest BCUT2D eigenvalue weighted by molar-refractivity contribution is 0.495. The molecule has 2 rings (SSSR count). The SMILES string of the molecule is Cn1c(=O)oc2cc(C(N)C(C)(C)S(C)(=O)=O)ccc21. The van der Waals surface area contributed by atoms with Crippen LogP contribution >= 0.6 is 0 Å². The summed E-state index contributed by atoms with van der Waals surface area (Å²) < 4.78 is 29.0. The summed E-state index contributed by atoms with van der Waals surface area (Å²) in [5.41, 5.74) is 7.74. The van der Waals surface area contributed by atoms with Crippen molar-refractivity contribution in [2.75, 3.05) is 6.26 Å². The molecule has 2 N–H and O–H groups in total. The van der Waals surface area contributed by atoms with E-state index in [-0.39, 0.29) is 0 Å². The van der Waals surface area contributed by atoms with Gasteiger partial charge in [-0.05, 0) is 31.5 Å². The smallest absolute Gasteiger partial charge is 0.408 e. The lowest BCUT2D eigenvalue weighted by Crippen LogP contribution is -2.42. The van der Waals surface area contributed by atoms with Crippen LogP contribution in [0.15, 0.2) is 27.4 Å². The van der Waals surface area contributed by atoms with E-state index in [0.717, 1.165) is 6.26 Å². The maximum absolute atomic E-state index is 11.8. The molecule has 0 fully saturated rings. The Kier molecular flexibility index (Phi) is 3.30. The zero-order valence-corrected chi connectivity index (χ0v) is 12.7. The number of hydrogen-bond acceptors (Lipinski definition) is 5. The number of aryl methyl sites for hydroxylation is 1. The minimum atomic E-state index is -3.33. The van der Waals surface area contributed by atoms with Gasteiger partial charge in [0.25, 0.3) is 0 Å². The molecule has 110 valence electrons. The van der Waals surface area contributed by atoms with E-state index >= 15 is 0 Å². The Balaban J connectivity index is 2.57. The Morgan fingerprint density at radius 1 is 1.35 bits per heavy atom. The molecule has 0 spiro atoms. The summed E-state index contributed by atoms with van der Waals surface area (Å²) in [5, 5.41) is 0. The summed E-state index contributed by atoms with van der Waals surface area (Å²) >= 11 is 0. The molecule has 2 aromatic rings. The molecule has 1 atom stereocenters. The zero-order chi connectivity index (χ0) is 15.3. The number of oxazole rings is 1. The van der Waals surface area contributed by atoms with Gasteiger partial charge in [0, 0.05) is 19.3 Å². The van der Waals surface area contributed by atoms with Crippen molar-refractivity contribution in [3.63, 3.8) is 0 Å². The first kappa shape index (κ1) is 14.8. The topological polar surface area (TPSA) is 95.3 Å². The fraction of sp³-hybridized carbons (Fsp3) is 0.462. The Morgan fingerprint density at radius 3 is 2.50 bits per heavy atom. The normalized spacial score (nSPS) is 14.7. The molecule has 0 bridgehead atoms. The number of benzene rings is 1. The van der Waals surface area contributed by atoms with Crippen molar-refractivity contribution in [3.8, 4) is 0 Å². The molecule has 6 nitrogen and oxygen atoms in total. The minimum Gasteiger partial charge on any atom is -0.408 e. The van der Waals surface area contributed by atoms with Gasteiger partial charge in [-0.15, -0.1) is 0 Å². The van der Waals surface area contributed by atoms with Crippen LogP contribution in [-0.2, 0) is 16.9 Å². The van der Waals surface area contributed by atoms with E-state index < -0.39 is 26.4 Å². The maximum Gasteiger partial charge on any atom is 0.419 e. The molecule has 20 heavy (non-hydrogen) atoms. The first-order chi connectivity index (χ1) is 9.05. The standard InChI is InChI=1S/C13H18N2O4S/c1-13(2,20(4,17)18)11(14)8-5-6-9-10(7-8)19-12(16)15(9)3/h5-7,11H,14H2,1-4H3. The van der Waals surface area contributed by atoms with Gasteiger partial charge in [-0.3, -0.25) is 4.57 Å². The van der Waals surface area contributed by atoms with E-state index in [4.69, 9.17) is 10.2 Å². The maximum atomic E-state index is 11.8. The Hall–Kier alpha value is -1.60. The Labute approximate surface area is 117 Å². The number of sulfone groups is 1. The molecule has 0 saturated carbocycles. The van der Waals surface area contributed by atoms with Crippen LogP contribution < -0.4 is 11.5 Å². The van der Waals surface area contributed by atoms with E-state index in [2.05, 4.69) is 0 Å². The van der Waals surface area contributed by atoms with E-state index in [1.807, 2.05) is 0 Å². The third kappa shape index (κ3) is 2.16. The summed E-state index contributed by atoms with van der Waals surface area (Å²) in [7, 11) is -1.72. The van der Waals surface area contributed by atoms with E-state index in [1.165, 1.54) is 4.57 Å². The quantitative estimate of drug-likeness (QED) is 0.910. The number of nitrogens with zero attached hydrogens (tertiary/aromatic N) is 1. The molecular weight excluding hydrogens is 280 g/mol. The molecule has 1 unspecified atom stereocenters. The monoisotopic (exact) mass is 298 g/mol. The second-order valence-electron chi connectivity index (χ2n) is 5.51. The first-order valence-corrected chi connectivity index (χ1v) is 7.99. The predicted octanol–water partition coefficient (Wildman–Crippen LogP) is 0.954. The fourth-order valence-corrected chi connectivity index (χ4v) is 2.57. The van der Waals surface area contributed by atoms with E-state index in [0.29, 0.717) is 16.7 Å². The highest BCUT2D eigenvalue weighted by atomic mass is 32.2. The van der Waals surface area contributed by atoms with Crippen molar-refractivity contribution in [1.82, 2.24) is 4.57 Å². The van der Waals surface area contributed by atoms with Crippen LogP contribution in [-0.4, -0.2) is 24.0 Å². The van der Waals surface area contributed by atoms with E-state index in [1.54, 1.807) is 39.1 Å². The van der Waals surface area contributed by atoms with Crippen LogP contribution in [0.3, 0.4) is 0 Å². The summed E-state index contributed by atoms with van der Waals surface area (Å²) in [6.45, 7) is 3.16. The van der Waals surface area contributed by atoms with Crippen molar-refractivity contribution in [3.05, 3.63) is 34.3 Å². The molecule has 0 aliphatic rings. The van der Waals surface area contributed by atoms with Gasteiger partial charge in [0.05, 0.1) is 10.3 Å². The van der Waals surface area contributed by atoms with Gasteiger partial charge in [0.1, 0.15) is 0 Å². The number of rotatable bonds is 3. The minimum absolute atomic E-state index is 0.398. The van der Waals surface area contributed by atoms with Gasteiger partial charge in [-0.25, -0.2) is 13.2 Å². The van der Waals surface area contributed by atoms with Crippen molar-refractivity contribution < 1.29 is 12.8 Å². The summed E-state index contributed by atoms with van der Waals surface area (Å²) in [6, 6.07) is 4.32. The number of aromatic nitrogens is 1. The van der Waals surface area contributed by atoms with Crippen molar-refractivity contribution >= 4 is 20.9 Å². The lowest BCUT2D eigenvalue weighted by Gasteiger charge is -2.29. The highest BCUT2D eigenvalue weighted by Crippen LogP contribution is 2.31. The zero-order valence-electron chi connectivity index (χ0n) is 11.9. The van der Waals surface area contributed by atoms with Crippen LogP contribution in [0.1, 0.15) is 25.5 Å². The second kappa shape index (κ2) is 4.46. The molecule has 7 heteroatoms. The van der Waals surface area contributed by atoms with Gasteiger partial charge >= 0.3 is 5.76 Å². The third-order valence-corrected chi connectivity index (χ3v) is 6.05. The largest absolute Gasteiger partial charge is 0.419 e. The van der Waals surface area contributed by atoms with E-state index in [9.17, 15) is 13.2 Å². The lowest BCUT2D eigenvalue weighted by atomic mass is 9.96. The molecule has 1 heterocycles. The number of hydrogen-bond donors (Lipinski definition) is 1. The summed E-state index contributed by atoms with van der Waals surface area (Å²) in [4.78, 5) is 11.4. The van der Waals surface area contributed by atoms with Crippen LogP contribution in [0.4, 0.5) is 0 Å². The molecule has 0 aliphatic heterocycles. The fourth-order valence-electron chi connectivity index (χ4n) is 1.98. The Morgan fingerprint density at radius 2 is 1.95 bits per heavy atom. The molecule has 1 aromatic heterocycles. The highest BCUT2D eigenvalue weighted by molar-refractivity contribution is 7.92. The second-order valence-corrected chi connectivity index (χ2v) is 8.10. The van der Waals surface area contributed by atoms with Crippen LogP contribution in [0.25, 0.3) is 11.1 Å². The first-order valence-electron chi connectivity index (χ1n) is 6.10. The van der Waals surface area contributed by atoms with Crippen LogP contribution in [0.2, 0.25) is 0 Å². The highest BCUT2D eigenvalue weighted by Gasteiger charge is 2.37. The number of fused-ring (bicyclic) bond motifs is 1. The van der Waals surface area contributed by atoms with Crippen LogP contribution in [0, 0.1) is 0 Å². The van der Waals surface area contributed by atoms with Crippen molar-refractivity contribution in [2.24, 2.45) is 12.8 Å². The summed E-state index contributed by atoms with van der Waals surface area (Å²) in [6.07, 6.45) is 1.16.